The van der Waals surface area contributed by atoms with Gasteiger partial charge in [-0.3, -0.25) is 4.81 Å². The van der Waals surface area contributed by atoms with E-state index in [1.165, 1.54) is 53.2 Å². The van der Waals surface area contributed by atoms with Gasteiger partial charge in [-0.15, -0.1) is 0 Å². The molecule has 0 atom stereocenters. The minimum atomic E-state index is 0.366. The second-order valence-electron chi connectivity index (χ2n) is 7.36. The number of nitrogens with zero attached hydrogens (tertiary/aromatic N) is 2. The topological polar surface area (TPSA) is 7.12 Å². The van der Waals surface area contributed by atoms with E-state index in [4.69, 9.17) is 0 Å². The Kier molecular flexibility index (Phi) is 3.95. The number of fused-ring (bicyclic) bond motifs is 1. The first kappa shape index (κ1) is 15.5. The molecule has 0 N–H and O–H groups in total. The predicted octanol–water partition coefficient (Wildman–Crippen LogP) is 2.76. The second kappa shape index (κ2) is 6.12. The lowest BCUT2D eigenvalue weighted by molar-refractivity contribution is -0.658. The number of hydrogen-bond donors (Lipinski definition) is 0. The Hall–Kier alpha value is -2.03. The van der Waals surface area contributed by atoms with Crippen LogP contribution in [0, 0.1) is 0 Å². The zero-order chi connectivity index (χ0) is 16.7. The van der Waals surface area contributed by atoms with Crippen molar-refractivity contribution in [3.63, 3.8) is 0 Å². The van der Waals surface area contributed by atoms with Crippen molar-refractivity contribution in [3.8, 4) is 0 Å². The van der Waals surface area contributed by atoms with Crippen LogP contribution in [0.4, 0.5) is 5.82 Å². The van der Waals surface area contributed by atoms with Crippen molar-refractivity contribution in [3.05, 3.63) is 58.6 Å². The molecule has 1 aliphatic heterocycles. The molecule has 0 saturated heterocycles. The third-order valence-corrected chi connectivity index (χ3v) is 5.76. The third-order valence-electron chi connectivity index (χ3n) is 5.76. The molecule has 0 amide bonds. The number of pyridine rings is 1. The van der Waals surface area contributed by atoms with E-state index in [-0.39, 0.29) is 0 Å². The molecule has 4 rings (SSSR count). The molecule has 1 aromatic heterocycles. The Bertz CT molecular complexity index is 881. The van der Waals surface area contributed by atoms with Gasteiger partial charge in [0.2, 0.25) is 0 Å². The van der Waals surface area contributed by atoms with Crippen LogP contribution in [0.5, 0.6) is 0 Å². The van der Waals surface area contributed by atoms with Crippen molar-refractivity contribution >= 4 is 24.3 Å². The van der Waals surface area contributed by atoms with Crippen molar-refractivity contribution in [1.82, 2.24) is 0 Å². The molecule has 2 nitrogen and oxygen atoms in total. The predicted molar refractivity (Wildman–Crippen MR) is 102 cm³/mol. The molecular weight excluding hydrogens is 291 g/mol. The number of anilines is 1. The maximum absolute atomic E-state index is 2.49. The second-order valence-corrected chi connectivity index (χ2v) is 7.36. The summed E-state index contributed by atoms with van der Waals surface area (Å²) in [6.45, 7) is 4.91. The lowest BCUT2D eigenvalue weighted by Gasteiger charge is -2.25. The Morgan fingerprint density at radius 2 is 1.88 bits per heavy atom. The van der Waals surface area contributed by atoms with Gasteiger partial charge in [0.05, 0.1) is 18.9 Å². The summed E-state index contributed by atoms with van der Waals surface area (Å²) >= 11 is 0. The Balaban J connectivity index is 1.83. The molecule has 2 aromatic rings. The number of benzene rings is 1. The van der Waals surface area contributed by atoms with Crippen LogP contribution in [0.3, 0.4) is 0 Å². The molecular formula is C21H26BN2+. The quantitative estimate of drug-likeness (QED) is 0.610. The summed E-state index contributed by atoms with van der Waals surface area (Å²) in [5.74, 6) is 4.43. The van der Waals surface area contributed by atoms with Crippen molar-refractivity contribution in [2.45, 2.75) is 45.3 Å². The molecule has 0 radical (unpaired) electrons. The van der Waals surface area contributed by atoms with Gasteiger partial charge in [-0.1, -0.05) is 43.1 Å². The first-order valence-corrected chi connectivity index (χ1v) is 9.22. The largest absolute Gasteiger partial charge is 0.402 e. The van der Waals surface area contributed by atoms with E-state index in [1.54, 1.807) is 0 Å². The molecule has 0 bridgehead atoms. The van der Waals surface area contributed by atoms with Gasteiger partial charge in [0.25, 0.3) is 5.82 Å². The van der Waals surface area contributed by atoms with Gasteiger partial charge in [-0.05, 0) is 49.4 Å². The Labute approximate surface area is 145 Å². The zero-order valence-electron chi connectivity index (χ0n) is 15.0. The average Bonchev–Trinajstić information content (AvgIpc) is 3.11. The molecule has 2 heterocycles. The van der Waals surface area contributed by atoms with Crippen LogP contribution >= 0.6 is 0 Å². The van der Waals surface area contributed by atoms with E-state index < -0.39 is 0 Å². The molecule has 1 aromatic carbocycles. The van der Waals surface area contributed by atoms with E-state index in [1.807, 2.05) is 0 Å². The molecule has 24 heavy (non-hydrogen) atoms. The summed E-state index contributed by atoms with van der Waals surface area (Å²) < 4.78 is 2.26. The van der Waals surface area contributed by atoms with Gasteiger partial charge in [0.1, 0.15) is 0 Å². The summed E-state index contributed by atoms with van der Waals surface area (Å²) in [5.41, 5.74) is 2.86. The highest BCUT2D eigenvalue weighted by atomic mass is 15.2. The van der Waals surface area contributed by atoms with Crippen molar-refractivity contribution in [2.24, 2.45) is 7.05 Å². The van der Waals surface area contributed by atoms with Crippen LogP contribution in [0.25, 0.3) is 11.7 Å². The summed E-state index contributed by atoms with van der Waals surface area (Å²) in [4.78, 5) is 2.49. The van der Waals surface area contributed by atoms with E-state index >= 15 is 0 Å². The number of aromatic nitrogens is 1. The van der Waals surface area contributed by atoms with E-state index in [0.29, 0.717) is 6.85 Å². The highest BCUT2D eigenvalue weighted by Crippen LogP contribution is 2.35. The minimum Gasteiger partial charge on any atom is -0.291 e. The maximum atomic E-state index is 2.49. The van der Waals surface area contributed by atoms with Crippen LogP contribution in [0.15, 0.2) is 42.6 Å². The highest BCUT2D eigenvalue weighted by Gasteiger charge is 2.32. The van der Waals surface area contributed by atoms with Crippen LogP contribution in [-0.4, -0.2) is 6.85 Å². The van der Waals surface area contributed by atoms with Crippen molar-refractivity contribution in [2.75, 3.05) is 4.81 Å². The number of aryl methyl sites for hydroxylation is 1. The van der Waals surface area contributed by atoms with Crippen LogP contribution in [0.1, 0.15) is 44.1 Å². The van der Waals surface area contributed by atoms with Crippen molar-refractivity contribution < 1.29 is 4.57 Å². The van der Waals surface area contributed by atoms with E-state index in [0.717, 1.165) is 5.92 Å². The van der Waals surface area contributed by atoms with Gasteiger partial charge < -0.3 is 0 Å². The van der Waals surface area contributed by atoms with Crippen LogP contribution < -0.4 is 19.8 Å². The molecule has 2 aliphatic rings. The molecule has 3 heteroatoms. The summed E-state index contributed by atoms with van der Waals surface area (Å²) in [6, 6.07) is 13.5. The van der Waals surface area contributed by atoms with Crippen LogP contribution in [-0.2, 0) is 7.05 Å². The maximum Gasteiger partial charge on any atom is 0.402 e. The van der Waals surface area contributed by atoms with Gasteiger partial charge in [-0.25, -0.2) is 4.57 Å². The summed E-state index contributed by atoms with van der Waals surface area (Å²) in [7, 11) is 2.16. The molecule has 1 saturated carbocycles. The Morgan fingerprint density at radius 3 is 2.67 bits per heavy atom. The fraction of sp³-hybridized carbons (Fsp3) is 0.381. The smallest absolute Gasteiger partial charge is 0.291 e. The van der Waals surface area contributed by atoms with Gasteiger partial charge in [-0.2, -0.15) is 0 Å². The van der Waals surface area contributed by atoms with E-state index in [2.05, 4.69) is 78.7 Å². The highest BCUT2D eigenvalue weighted by molar-refractivity contribution is 6.77. The minimum absolute atomic E-state index is 0.366. The molecule has 1 fully saturated rings. The molecule has 0 unspecified atom stereocenters. The van der Waals surface area contributed by atoms with Gasteiger partial charge >= 0.3 is 6.85 Å². The number of rotatable bonds is 2. The lowest BCUT2D eigenvalue weighted by Crippen LogP contribution is -2.50. The zero-order valence-corrected chi connectivity index (χ0v) is 15.0. The first-order valence-electron chi connectivity index (χ1n) is 9.22. The molecule has 0 spiro atoms. The standard InChI is InChI=1S/C21H26BN2/c1-16-20-11-7-6-10-19(20)15-22(2)24(16)21-14-18(12-13-23(21)3)17-8-4-5-9-17/h6-7,10-15,17H,4-5,8-9H2,1-3H3/q+1. The number of hydrogen-bond acceptors (Lipinski definition) is 1. The Morgan fingerprint density at radius 1 is 1.12 bits per heavy atom. The molecule has 1 aliphatic carbocycles. The fourth-order valence-electron chi connectivity index (χ4n) is 4.45. The normalized spacial score (nSPS) is 17.9. The first-order chi connectivity index (χ1) is 11.6. The SMILES string of the molecule is CB1C=c2ccccc2=C(C)N1c1cc(C2CCCC2)cc[n+]1C. The van der Waals surface area contributed by atoms with E-state index in [9.17, 15) is 0 Å². The van der Waals surface area contributed by atoms with Crippen molar-refractivity contribution in [1.29, 1.82) is 0 Å². The van der Waals surface area contributed by atoms with Gasteiger partial charge in [0, 0.05) is 11.3 Å². The molecule has 122 valence electrons. The average molecular weight is 317 g/mol. The third kappa shape index (κ3) is 2.56. The summed E-state index contributed by atoms with van der Waals surface area (Å²) in [6.07, 6.45) is 7.70. The van der Waals surface area contributed by atoms with Crippen LogP contribution in [0.2, 0.25) is 6.82 Å². The summed E-state index contributed by atoms with van der Waals surface area (Å²) in [5, 5.41) is 2.70. The monoisotopic (exact) mass is 317 g/mol. The fourth-order valence-corrected chi connectivity index (χ4v) is 4.45. The van der Waals surface area contributed by atoms with Gasteiger partial charge in [0.15, 0.2) is 0 Å². The lowest BCUT2D eigenvalue weighted by atomic mass is 9.60.